The van der Waals surface area contributed by atoms with Gasteiger partial charge in [0.25, 0.3) is 0 Å². The third-order valence-electron chi connectivity index (χ3n) is 2.87. The maximum absolute atomic E-state index is 11.5. The minimum absolute atomic E-state index is 0.243. The number of hydrogen-bond donors (Lipinski definition) is 1. The Morgan fingerprint density at radius 3 is 2.55 bits per heavy atom. The summed E-state index contributed by atoms with van der Waals surface area (Å²) in [5, 5.41) is 3.09. The predicted octanol–water partition coefficient (Wildman–Crippen LogP) is 2.88. The first-order valence-electron chi connectivity index (χ1n) is 6.42. The monoisotopic (exact) mass is 271 g/mol. The van der Waals surface area contributed by atoms with Crippen LogP contribution in [0.4, 0.5) is 11.6 Å². The van der Waals surface area contributed by atoms with Gasteiger partial charge in [0.2, 0.25) is 5.95 Å². The van der Waals surface area contributed by atoms with Crippen molar-refractivity contribution in [1.82, 2.24) is 9.97 Å². The van der Waals surface area contributed by atoms with Crippen LogP contribution in [0.3, 0.4) is 0 Å². The van der Waals surface area contributed by atoms with Gasteiger partial charge in [0.15, 0.2) is 5.69 Å². The van der Waals surface area contributed by atoms with Crippen LogP contribution in [0.25, 0.3) is 0 Å². The number of nitrogens with zero attached hydrogens (tertiary/aromatic N) is 2. The third-order valence-corrected chi connectivity index (χ3v) is 2.87. The predicted molar refractivity (Wildman–Crippen MR) is 77.2 cm³/mol. The van der Waals surface area contributed by atoms with Crippen molar-refractivity contribution in [3.8, 4) is 0 Å². The van der Waals surface area contributed by atoms with E-state index in [9.17, 15) is 4.79 Å². The lowest BCUT2D eigenvalue weighted by atomic mass is 10.1. The van der Waals surface area contributed by atoms with Crippen molar-refractivity contribution >= 4 is 17.6 Å². The molecule has 1 aromatic carbocycles. The van der Waals surface area contributed by atoms with Gasteiger partial charge in [0.1, 0.15) is 0 Å². The molecule has 5 nitrogen and oxygen atoms in total. The van der Waals surface area contributed by atoms with Gasteiger partial charge < -0.3 is 10.1 Å². The topological polar surface area (TPSA) is 64.1 Å². The first kappa shape index (κ1) is 14.0. The minimum atomic E-state index is -0.472. The van der Waals surface area contributed by atoms with E-state index in [1.165, 1.54) is 12.7 Å². The highest BCUT2D eigenvalue weighted by atomic mass is 16.5. The van der Waals surface area contributed by atoms with E-state index in [-0.39, 0.29) is 5.69 Å². The fourth-order valence-electron chi connectivity index (χ4n) is 1.79. The van der Waals surface area contributed by atoms with Crippen molar-refractivity contribution in [3.05, 3.63) is 47.3 Å². The lowest BCUT2D eigenvalue weighted by molar-refractivity contribution is 0.0594. The SMILES string of the molecule is CCc1ccc(Nc2nc(C)cc(C(=O)OC)n2)cc1. The second-order valence-corrected chi connectivity index (χ2v) is 4.39. The van der Waals surface area contributed by atoms with Gasteiger partial charge in [-0.05, 0) is 37.1 Å². The van der Waals surface area contributed by atoms with Gasteiger partial charge in [0.05, 0.1) is 7.11 Å². The molecule has 20 heavy (non-hydrogen) atoms. The van der Waals surface area contributed by atoms with Crippen molar-refractivity contribution in [2.24, 2.45) is 0 Å². The van der Waals surface area contributed by atoms with Gasteiger partial charge >= 0.3 is 5.97 Å². The molecule has 0 saturated carbocycles. The molecular formula is C15H17N3O2. The molecule has 0 aliphatic heterocycles. The summed E-state index contributed by atoms with van der Waals surface area (Å²) in [6.07, 6.45) is 0.994. The van der Waals surface area contributed by atoms with Crippen LogP contribution in [-0.4, -0.2) is 23.0 Å². The maximum atomic E-state index is 11.5. The quantitative estimate of drug-likeness (QED) is 0.866. The van der Waals surface area contributed by atoms with Crippen LogP contribution >= 0.6 is 0 Å². The van der Waals surface area contributed by atoms with E-state index in [2.05, 4.69) is 26.9 Å². The molecule has 0 amide bonds. The molecule has 1 heterocycles. The van der Waals surface area contributed by atoms with Crippen LogP contribution in [0.15, 0.2) is 30.3 Å². The zero-order chi connectivity index (χ0) is 14.5. The number of hydrogen-bond acceptors (Lipinski definition) is 5. The molecule has 0 bridgehead atoms. The van der Waals surface area contributed by atoms with Crippen LogP contribution in [0.1, 0.15) is 28.7 Å². The number of aromatic nitrogens is 2. The lowest BCUT2D eigenvalue weighted by Crippen LogP contribution is -2.08. The number of nitrogens with one attached hydrogen (secondary N) is 1. The second kappa shape index (κ2) is 6.14. The van der Waals surface area contributed by atoms with E-state index in [1.807, 2.05) is 24.3 Å². The van der Waals surface area contributed by atoms with E-state index >= 15 is 0 Å². The molecule has 0 atom stereocenters. The summed E-state index contributed by atoms with van der Waals surface area (Å²) in [7, 11) is 1.33. The van der Waals surface area contributed by atoms with Crippen LogP contribution in [0, 0.1) is 6.92 Å². The molecule has 0 saturated heterocycles. The molecule has 5 heteroatoms. The number of carbonyl (C=O) groups is 1. The van der Waals surface area contributed by atoms with E-state index in [0.29, 0.717) is 11.6 Å². The van der Waals surface area contributed by atoms with E-state index in [4.69, 9.17) is 0 Å². The number of carbonyl (C=O) groups excluding carboxylic acids is 1. The molecule has 0 radical (unpaired) electrons. The average Bonchev–Trinajstić information content (AvgIpc) is 2.46. The highest BCUT2D eigenvalue weighted by Gasteiger charge is 2.10. The number of anilines is 2. The van der Waals surface area contributed by atoms with Crippen LogP contribution in [-0.2, 0) is 11.2 Å². The average molecular weight is 271 g/mol. The fraction of sp³-hybridized carbons (Fsp3) is 0.267. The Labute approximate surface area is 118 Å². The number of esters is 1. The Kier molecular flexibility index (Phi) is 4.30. The Morgan fingerprint density at radius 2 is 1.95 bits per heavy atom. The first-order valence-corrected chi connectivity index (χ1v) is 6.42. The summed E-state index contributed by atoms with van der Waals surface area (Å²) in [5.74, 6) is -0.0884. The minimum Gasteiger partial charge on any atom is -0.464 e. The number of aryl methyl sites for hydroxylation is 2. The fourth-order valence-corrected chi connectivity index (χ4v) is 1.79. The highest BCUT2D eigenvalue weighted by molar-refractivity contribution is 5.87. The van der Waals surface area contributed by atoms with E-state index in [1.54, 1.807) is 13.0 Å². The number of ether oxygens (including phenoxy) is 1. The zero-order valence-electron chi connectivity index (χ0n) is 11.8. The standard InChI is InChI=1S/C15H17N3O2/c1-4-11-5-7-12(8-6-11)17-15-16-10(2)9-13(18-15)14(19)20-3/h5-9H,4H2,1-3H3,(H,16,17,18). The summed E-state index contributed by atoms with van der Waals surface area (Å²) in [6, 6.07) is 9.60. The van der Waals surface area contributed by atoms with Crippen molar-refractivity contribution in [1.29, 1.82) is 0 Å². The Hall–Kier alpha value is -2.43. The van der Waals surface area contributed by atoms with Crippen molar-refractivity contribution in [3.63, 3.8) is 0 Å². The molecule has 104 valence electrons. The van der Waals surface area contributed by atoms with Gasteiger partial charge in [-0.3, -0.25) is 0 Å². The largest absolute Gasteiger partial charge is 0.464 e. The molecule has 0 aliphatic carbocycles. The molecule has 0 unspecified atom stereocenters. The molecule has 1 aromatic heterocycles. The zero-order valence-corrected chi connectivity index (χ0v) is 11.8. The van der Waals surface area contributed by atoms with Gasteiger partial charge in [-0.2, -0.15) is 0 Å². The first-order chi connectivity index (χ1) is 9.62. The molecule has 2 aromatic rings. The lowest BCUT2D eigenvalue weighted by Gasteiger charge is -2.08. The summed E-state index contributed by atoms with van der Waals surface area (Å²) in [4.78, 5) is 19.9. The summed E-state index contributed by atoms with van der Waals surface area (Å²) < 4.78 is 4.67. The number of benzene rings is 1. The molecule has 0 fully saturated rings. The Bertz CT molecular complexity index is 609. The molecule has 2 rings (SSSR count). The normalized spacial score (nSPS) is 10.2. The molecule has 0 aliphatic rings. The Morgan fingerprint density at radius 1 is 1.25 bits per heavy atom. The smallest absolute Gasteiger partial charge is 0.356 e. The van der Waals surface area contributed by atoms with E-state index in [0.717, 1.165) is 12.1 Å². The van der Waals surface area contributed by atoms with Crippen molar-refractivity contribution in [2.45, 2.75) is 20.3 Å². The van der Waals surface area contributed by atoms with Crippen LogP contribution in [0.5, 0.6) is 0 Å². The second-order valence-electron chi connectivity index (χ2n) is 4.39. The molecular weight excluding hydrogens is 254 g/mol. The molecule has 1 N–H and O–H groups in total. The maximum Gasteiger partial charge on any atom is 0.356 e. The number of methoxy groups -OCH3 is 1. The summed E-state index contributed by atoms with van der Waals surface area (Å²) in [6.45, 7) is 3.91. The van der Waals surface area contributed by atoms with Crippen LogP contribution in [0.2, 0.25) is 0 Å². The number of rotatable bonds is 4. The van der Waals surface area contributed by atoms with Crippen molar-refractivity contribution in [2.75, 3.05) is 12.4 Å². The van der Waals surface area contributed by atoms with Gasteiger partial charge in [0, 0.05) is 11.4 Å². The highest BCUT2D eigenvalue weighted by Crippen LogP contribution is 2.15. The van der Waals surface area contributed by atoms with Gasteiger partial charge in [-0.15, -0.1) is 0 Å². The summed E-state index contributed by atoms with van der Waals surface area (Å²) in [5.41, 5.74) is 3.08. The van der Waals surface area contributed by atoms with Gasteiger partial charge in [-0.1, -0.05) is 19.1 Å². The molecule has 0 spiro atoms. The Balaban J connectivity index is 2.23. The van der Waals surface area contributed by atoms with Gasteiger partial charge in [-0.25, -0.2) is 14.8 Å². The third kappa shape index (κ3) is 3.32. The van der Waals surface area contributed by atoms with E-state index < -0.39 is 5.97 Å². The van der Waals surface area contributed by atoms with Crippen LogP contribution < -0.4 is 5.32 Å². The van der Waals surface area contributed by atoms with Crippen molar-refractivity contribution < 1.29 is 9.53 Å². The summed E-state index contributed by atoms with van der Waals surface area (Å²) >= 11 is 0.